The number of phenols is 3. The number of nitrogens with zero attached hydrogens (tertiary/aromatic N) is 3. The molecule has 302 valence electrons. The van der Waals surface area contributed by atoms with Crippen LogP contribution in [0.2, 0.25) is 5.02 Å². The number of piperazine rings is 1. The number of phenolic OH excluding ortho intramolecular Hbond substituents is 3. The molecular formula is C34H33BClF2N5O13S. The molecule has 5 amide bonds. The fourth-order valence-corrected chi connectivity index (χ4v) is 8.72. The zero-order chi connectivity index (χ0) is 41.5. The minimum Gasteiger partial charge on any atom is -0.534 e. The van der Waals surface area contributed by atoms with Crippen LogP contribution in [0.5, 0.6) is 23.0 Å². The summed E-state index contributed by atoms with van der Waals surface area (Å²) in [5.74, 6) is -12.9. The number of hydrogen-bond donors (Lipinski definition) is 7. The largest absolute Gasteiger partial charge is 0.547 e. The molecule has 0 aromatic heterocycles. The highest BCUT2D eigenvalue weighted by atomic mass is 35.5. The van der Waals surface area contributed by atoms with Crippen LogP contribution in [-0.2, 0) is 36.6 Å². The van der Waals surface area contributed by atoms with Crippen molar-refractivity contribution in [3.8, 4) is 23.0 Å². The van der Waals surface area contributed by atoms with E-state index in [9.17, 15) is 66.6 Å². The van der Waals surface area contributed by atoms with Gasteiger partial charge < -0.3 is 45.6 Å². The zero-order valence-corrected chi connectivity index (χ0v) is 31.0. The molecular weight excluding hydrogens is 803 g/mol. The molecule has 2 atom stereocenters. The second kappa shape index (κ2) is 16.0. The Labute approximate surface area is 327 Å². The van der Waals surface area contributed by atoms with Crippen molar-refractivity contribution in [1.29, 1.82) is 0 Å². The van der Waals surface area contributed by atoms with Gasteiger partial charge >= 0.3 is 30.9 Å². The predicted octanol–water partition coefficient (Wildman–Crippen LogP) is 0.989. The Morgan fingerprint density at radius 1 is 0.965 bits per heavy atom. The number of carbonyl (C=O) groups is 5. The number of amides is 5. The minimum absolute atomic E-state index is 0.0193. The number of sulfonamides is 1. The van der Waals surface area contributed by atoms with Crippen LogP contribution in [0, 0.1) is 11.6 Å². The molecule has 18 nitrogen and oxygen atoms in total. The normalized spacial score (nSPS) is 18.5. The van der Waals surface area contributed by atoms with Gasteiger partial charge in [-0.05, 0) is 54.7 Å². The van der Waals surface area contributed by atoms with Gasteiger partial charge in [0.2, 0.25) is 15.9 Å². The van der Waals surface area contributed by atoms with Crippen LogP contribution < -0.4 is 15.3 Å². The lowest BCUT2D eigenvalue weighted by molar-refractivity contribution is -0.156. The number of rotatable bonds is 9. The third kappa shape index (κ3) is 8.24. The number of urea groups is 1. The molecule has 0 saturated carbocycles. The highest BCUT2D eigenvalue weighted by molar-refractivity contribution is 7.88. The molecule has 1 unspecified atom stereocenters. The quantitative estimate of drug-likeness (QED) is 0.0903. The van der Waals surface area contributed by atoms with Gasteiger partial charge in [-0.1, -0.05) is 29.8 Å². The van der Waals surface area contributed by atoms with E-state index in [0.717, 1.165) is 12.1 Å². The third-order valence-corrected chi connectivity index (χ3v) is 12.1. The number of benzene rings is 3. The van der Waals surface area contributed by atoms with Crippen molar-refractivity contribution in [1.82, 2.24) is 24.7 Å². The maximum absolute atomic E-state index is 14.7. The van der Waals surface area contributed by atoms with E-state index in [1.165, 1.54) is 27.4 Å². The van der Waals surface area contributed by atoms with Crippen molar-refractivity contribution < 1.29 is 71.3 Å². The monoisotopic (exact) mass is 835 g/mol. The van der Waals surface area contributed by atoms with Crippen molar-refractivity contribution in [3.63, 3.8) is 0 Å². The number of imide groups is 1. The summed E-state index contributed by atoms with van der Waals surface area (Å²) in [4.78, 5) is 67.3. The van der Waals surface area contributed by atoms with E-state index in [0.29, 0.717) is 16.5 Å². The number of piperidine rings is 1. The van der Waals surface area contributed by atoms with E-state index in [2.05, 4.69) is 10.6 Å². The summed E-state index contributed by atoms with van der Waals surface area (Å²) in [5.41, 5.74) is -1.08. The first-order valence-corrected chi connectivity index (χ1v) is 19.1. The molecule has 2 fully saturated rings. The highest BCUT2D eigenvalue weighted by Gasteiger charge is 2.44. The van der Waals surface area contributed by atoms with Crippen LogP contribution in [0.3, 0.4) is 0 Å². The van der Waals surface area contributed by atoms with Crippen molar-refractivity contribution in [2.24, 2.45) is 0 Å². The standard InChI is InChI=1S/C34H33BClF2N5O13S/c36-25-20(14-22(38)27(45)28(25)46)26(30(47)39-23-13-17-4-5-21(37)24(33(50)51)29(17)56-35(23)53)40-34(52)43-11-10-42(31(48)32(43)49)18-6-8-41(9-7-18)57(54,55)15-16-2-1-3-19(44)12-16/h1-5,12,14,18,23,26,44-46,53H,6-11,13,15H2,(H,39,47)(H,40,52)(H,50,51)/t23-,26?/m0/s1. The Kier molecular flexibility index (Phi) is 11.5. The first-order valence-electron chi connectivity index (χ1n) is 17.2. The lowest BCUT2D eigenvalue weighted by Crippen LogP contribution is -2.62. The average molecular weight is 836 g/mol. The van der Waals surface area contributed by atoms with Gasteiger partial charge in [0.25, 0.3) is 0 Å². The molecule has 23 heteroatoms. The van der Waals surface area contributed by atoms with Gasteiger partial charge in [0, 0.05) is 37.8 Å². The number of aromatic carboxylic acids is 1. The summed E-state index contributed by atoms with van der Waals surface area (Å²) >= 11 is 6.16. The van der Waals surface area contributed by atoms with E-state index < -0.39 is 116 Å². The Balaban J connectivity index is 1.15. The van der Waals surface area contributed by atoms with Crippen LogP contribution in [-0.4, -0.2) is 123 Å². The summed E-state index contributed by atoms with van der Waals surface area (Å²) in [7, 11) is -5.79. The van der Waals surface area contributed by atoms with Gasteiger partial charge in [-0.2, -0.15) is 0 Å². The van der Waals surface area contributed by atoms with Crippen LogP contribution in [0.15, 0.2) is 42.5 Å². The van der Waals surface area contributed by atoms with Gasteiger partial charge in [-0.3, -0.25) is 19.3 Å². The summed E-state index contributed by atoms with van der Waals surface area (Å²) in [5, 5.41) is 53.6. The number of carboxylic acid groups (broad SMARTS) is 1. The molecule has 3 heterocycles. The van der Waals surface area contributed by atoms with Crippen molar-refractivity contribution in [2.45, 2.75) is 43.0 Å². The minimum atomic E-state index is -3.80. The van der Waals surface area contributed by atoms with Gasteiger partial charge in [-0.25, -0.2) is 31.1 Å². The molecule has 3 aliphatic heterocycles. The SMILES string of the molecule is O=C(O)c1c(F)ccc2c1OB(O)[C@@H](NC(=O)C(NC(=O)N1CCN(C3CCN(S(=O)(=O)Cc4cccc(O)c4)CC3)C(=O)C1=O)c1cc(F)c(O)c(O)c1Cl)C2. The first kappa shape index (κ1) is 40.9. The molecule has 0 radical (unpaired) electrons. The molecule has 3 aromatic rings. The van der Waals surface area contributed by atoms with E-state index in [1.54, 1.807) is 6.07 Å². The van der Waals surface area contributed by atoms with Gasteiger partial charge in [0.15, 0.2) is 17.3 Å². The van der Waals surface area contributed by atoms with Gasteiger partial charge in [0.05, 0.1) is 16.7 Å². The Morgan fingerprint density at radius 2 is 1.67 bits per heavy atom. The first-order chi connectivity index (χ1) is 26.9. The number of carbonyl (C=O) groups excluding carboxylic acids is 4. The molecule has 0 spiro atoms. The third-order valence-electron chi connectivity index (χ3n) is 9.80. The van der Waals surface area contributed by atoms with Crippen molar-refractivity contribution in [2.75, 3.05) is 26.2 Å². The van der Waals surface area contributed by atoms with E-state index in [1.807, 2.05) is 0 Å². The number of fused-ring (bicyclic) bond motifs is 1. The smallest absolute Gasteiger partial charge is 0.534 e. The summed E-state index contributed by atoms with van der Waals surface area (Å²) < 4.78 is 61.5. The van der Waals surface area contributed by atoms with Crippen molar-refractivity contribution in [3.05, 3.63) is 81.4 Å². The van der Waals surface area contributed by atoms with E-state index in [-0.39, 0.29) is 56.0 Å². The topological polar surface area (TPSA) is 264 Å². The van der Waals surface area contributed by atoms with Crippen LogP contribution >= 0.6 is 11.6 Å². The maximum Gasteiger partial charge on any atom is 0.547 e. The Bertz CT molecular complexity index is 2280. The lowest BCUT2D eigenvalue weighted by atomic mass is 9.72. The zero-order valence-electron chi connectivity index (χ0n) is 29.4. The fraction of sp³-hybridized carbons (Fsp3) is 0.324. The second-order valence-electron chi connectivity index (χ2n) is 13.4. The average Bonchev–Trinajstić information content (AvgIpc) is 3.15. The van der Waals surface area contributed by atoms with Crippen LogP contribution in [0.4, 0.5) is 13.6 Å². The maximum atomic E-state index is 14.7. The number of hydrogen-bond acceptors (Lipinski definition) is 12. The lowest BCUT2D eigenvalue weighted by Gasteiger charge is -2.41. The molecule has 3 aromatic carbocycles. The van der Waals surface area contributed by atoms with Gasteiger partial charge in [0.1, 0.15) is 28.9 Å². The molecule has 7 N–H and O–H groups in total. The fourth-order valence-electron chi connectivity index (χ4n) is 6.91. The van der Waals surface area contributed by atoms with Crippen LogP contribution in [0.25, 0.3) is 0 Å². The molecule has 6 rings (SSSR count). The Morgan fingerprint density at radius 3 is 2.33 bits per heavy atom. The van der Waals surface area contributed by atoms with E-state index >= 15 is 0 Å². The predicted molar refractivity (Wildman–Crippen MR) is 192 cm³/mol. The molecule has 57 heavy (non-hydrogen) atoms. The molecule has 0 bridgehead atoms. The molecule has 2 saturated heterocycles. The van der Waals surface area contributed by atoms with Crippen molar-refractivity contribution >= 4 is 58.5 Å². The molecule has 3 aliphatic rings. The second-order valence-corrected chi connectivity index (χ2v) is 15.7. The number of carboxylic acids is 1. The number of nitrogens with one attached hydrogen (secondary N) is 2. The number of halogens is 3. The summed E-state index contributed by atoms with van der Waals surface area (Å²) in [6, 6.07) is 4.29. The highest BCUT2D eigenvalue weighted by Crippen LogP contribution is 2.41. The molecule has 0 aliphatic carbocycles. The summed E-state index contributed by atoms with van der Waals surface area (Å²) in [6.45, 7) is -0.552. The van der Waals surface area contributed by atoms with Gasteiger partial charge in [-0.15, -0.1) is 0 Å². The Hall–Kier alpha value is -5.71. The summed E-state index contributed by atoms with van der Waals surface area (Å²) in [6.07, 6.45) is -0.0203. The number of aromatic hydroxyl groups is 3. The van der Waals surface area contributed by atoms with E-state index in [4.69, 9.17) is 16.3 Å². The van der Waals surface area contributed by atoms with Crippen LogP contribution in [0.1, 0.15) is 45.9 Å².